The molecule has 0 radical (unpaired) electrons. The summed E-state index contributed by atoms with van der Waals surface area (Å²) in [7, 11) is 0. The van der Waals surface area contributed by atoms with Crippen LogP contribution in [0.2, 0.25) is 0 Å². The first kappa shape index (κ1) is 13.8. The Balaban J connectivity index is 2.27. The first-order valence-electron chi connectivity index (χ1n) is 7.55. The standard InChI is InChI=1S/C20H21N/c1-15(2)19-20(14-16(3)21-19,17-10-6-4-7-11-17)18-12-8-5-9-13-18/h4-13,16H,1,14H2,2-3H3/p+1. The first-order chi connectivity index (χ1) is 10.1. The molecule has 1 aliphatic heterocycles. The molecule has 1 heteroatoms. The summed E-state index contributed by atoms with van der Waals surface area (Å²) in [5.41, 5.74) is 4.95. The molecule has 2 aromatic carbocycles. The third-order valence-electron chi connectivity index (χ3n) is 4.39. The monoisotopic (exact) mass is 276 g/mol. The van der Waals surface area contributed by atoms with Gasteiger partial charge in [0.1, 0.15) is 11.5 Å². The van der Waals surface area contributed by atoms with E-state index in [0.29, 0.717) is 6.04 Å². The van der Waals surface area contributed by atoms with Gasteiger partial charge in [-0.15, -0.1) is 0 Å². The maximum atomic E-state index is 4.22. The Morgan fingerprint density at radius 3 is 1.90 bits per heavy atom. The van der Waals surface area contributed by atoms with Gasteiger partial charge >= 0.3 is 0 Å². The Morgan fingerprint density at radius 2 is 1.48 bits per heavy atom. The van der Waals surface area contributed by atoms with E-state index in [1.165, 1.54) is 16.8 Å². The Morgan fingerprint density at radius 1 is 1.00 bits per heavy atom. The molecule has 0 fully saturated rings. The minimum Gasteiger partial charge on any atom is -0.242 e. The van der Waals surface area contributed by atoms with Crippen LogP contribution in [-0.2, 0) is 5.41 Å². The first-order valence-corrected chi connectivity index (χ1v) is 7.55. The van der Waals surface area contributed by atoms with Crippen molar-refractivity contribution in [1.82, 2.24) is 0 Å². The van der Waals surface area contributed by atoms with Crippen molar-refractivity contribution < 1.29 is 4.99 Å². The van der Waals surface area contributed by atoms with Crippen LogP contribution in [0.15, 0.2) is 72.8 Å². The lowest BCUT2D eigenvalue weighted by atomic mass is 9.68. The molecule has 1 N–H and O–H groups in total. The van der Waals surface area contributed by atoms with Crippen molar-refractivity contribution in [2.45, 2.75) is 31.7 Å². The summed E-state index contributed by atoms with van der Waals surface area (Å²) < 4.78 is 0. The Hall–Kier alpha value is -2.15. The highest BCUT2D eigenvalue weighted by molar-refractivity contribution is 6.06. The molecule has 1 atom stereocenters. The van der Waals surface area contributed by atoms with Crippen LogP contribution in [0.5, 0.6) is 0 Å². The summed E-state index contributed by atoms with van der Waals surface area (Å²) in [6.45, 7) is 8.56. The summed E-state index contributed by atoms with van der Waals surface area (Å²) in [6, 6.07) is 22.0. The molecule has 3 rings (SSSR count). The van der Waals surface area contributed by atoms with Crippen LogP contribution >= 0.6 is 0 Å². The van der Waals surface area contributed by atoms with E-state index >= 15 is 0 Å². The van der Waals surface area contributed by atoms with E-state index < -0.39 is 0 Å². The van der Waals surface area contributed by atoms with Gasteiger partial charge in [0.05, 0.1) is 0 Å². The predicted octanol–water partition coefficient (Wildman–Crippen LogP) is 2.86. The van der Waals surface area contributed by atoms with E-state index in [4.69, 9.17) is 0 Å². The highest BCUT2D eigenvalue weighted by Crippen LogP contribution is 2.40. The largest absolute Gasteiger partial charge is 0.242 e. The van der Waals surface area contributed by atoms with Gasteiger partial charge in [0.15, 0.2) is 5.71 Å². The average Bonchev–Trinajstić information content (AvgIpc) is 2.88. The summed E-state index contributed by atoms with van der Waals surface area (Å²) in [5.74, 6) is 0. The van der Waals surface area contributed by atoms with E-state index in [0.717, 1.165) is 12.0 Å². The van der Waals surface area contributed by atoms with Gasteiger partial charge < -0.3 is 0 Å². The molecule has 21 heavy (non-hydrogen) atoms. The van der Waals surface area contributed by atoms with E-state index in [2.05, 4.69) is 86.1 Å². The zero-order valence-electron chi connectivity index (χ0n) is 12.8. The minimum atomic E-state index is -0.103. The number of hydrogen-bond donors (Lipinski definition) is 1. The fourth-order valence-electron chi connectivity index (χ4n) is 3.61. The van der Waals surface area contributed by atoms with Crippen LogP contribution in [0.25, 0.3) is 0 Å². The summed E-state index contributed by atoms with van der Waals surface area (Å²) in [5, 5.41) is 0. The van der Waals surface area contributed by atoms with Gasteiger partial charge in [-0.1, -0.05) is 67.2 Å². The third-order valence-corrected chi connectivity index (χ3v) is 4.39. The minimum absolute atomic E-state index is 0.103. The molecule has 1 nitrogen and oxygen atoms in total. The number of allylic oxidation sites excluding steroid dienone is 1. The van der Waals surface area contributed by atoms with E-state index in [1.54, 1.807) is 0 Å². The van der Waals surface area contributed by atoms with Crippen LogP contribution in [0, 0.1) is 0 Å². The highest BCUT2D eigenvalue weighted by Gasteiger charge is 2.50. The zero-order chi connectivity index (χ0) is 14.9. The Bertz CT molecular complexity index is 628. The SMILES string of the molecule is C=C(C)C1=[NH+]C(C)CC1(c1ccccc1)c1ccccc1. The van der Waals surface area contributed by atoms with Gasteiger partial charge in [-0.3, -0.25) is 0 Å². The van der Waals surface area contributed by atoms with Crippen molar-refractivity contribution in [2.75, 3.05) is 0 Å². The molecule has 0 saturated carbocycles. The van der Waals surface area contributed by atoms with E-state index in [-0.39, 0.29) is 5.41 Å². The quantitative estimate of drug-likeness (QED) is 0.886. The summed E-state index contributed by atoms with van der Waals surface area (Å²) >= 11 is 0. The number of nitrogens with one attached hydrogen (secondary N) is 1. The molecule has 0 bridgehead atoms. The second-order valence-corrected chi connectivity index (χ2v) is 6.04. The zero-order valence-corrected chi connectivity index (χ0v) is 12.8. The molecule has 0 aliphatic carbocycles. The van der Waals surface area contributed by atoms with Crippen molar-refractivity contribution in [3.8, 4) is 0 Å². The normalized spacial score (nSPS) is 20.1. The van der Waals surface area contributed by atoms with Gasteiger partial charge in [-0.2, -0.15) is 0 Å². The molecule has 1 aliphatic rings. The summed E-state index contributed by atoms with van der Waals surface area (Å²) in [6.07, 6.45) is 1.06. The number of hydrogen-bond acceptors (Lipinski definition) is 0. The van der Waals surface area contributed by atoms with Crippen molar-refractivity contribution >= 4 is 5.71 Å². The highest BCUT2D eigenvalue weighted by atomic mass is 14.9. The van der Waals surface area contributed by atoms with Crippen LogP contribution in [0.3, 0.4) is 0 Å². The van der Waals surface area contributed by atoms with Gasteiger partial charge in [-0.25, -0.2) is 4.99 Å². The lowest BCUT2D eigenvalue weighted by molar-refractivity contribution is -0.488. The second kappa shape index (κ2) is 5.33. The van der Waals surface area contributed by atoms with Crippen LogP contribution in [0.4, 0.5) is 0 Å². The second-order valence-electron chi connectivity index (χ2n) is 6.04. The molecule has 2 aromatic rings. The molecule has 1 heterocycles. The molecule has 0 saturated heterocycles. The van der Waals surface area contributed by atoms with Crippen molar-refractivity contribution in [3.63, 3.8) is 0 Å². The fourth-order valence-corrected chi connectivity index (χ4v) is 3.61. The van der Waals surface area contributed by atoms with Crippen molar-refractivity contribution in [3.05, 3.63) is 83.9 Å². The molecule has 0 amide bonds. The van der Waals surface area contributed by atoms with E-state index in [1.807, 2.05) is 0 Å². The van der Waals surface area contributed by atoms with Crippen molar-refractivity contribution in [1.29, 1.82) is 0 Å². The maximum absolute atomic E-state index is 4.22. The molecular weight excluding hydrogens is 254 g/mol. The maximum Gasteiger partial charge on any atom is 0.192 e. The summed E-state index contributed by atoms with van der Waals surface area (Å²) in [4.78, 5) is 3.66. The predicted molar refractivity (Wildman–Crippen MR) is 88.5 cm³/mol. The lowest BCUT2D eigenvalue weighted by Gasteiger charge is -2.29. The van der Waals surface area contributed by atoms with Gasteiger partial charge in [0, 0.05) is 12.0 Å². The van der Waals surface area contributed by atoms with Gasteiger partial charge in [0.25, 0.3) is 0 Å². The van der Waals surface area contributed by atoms with Crippen LogP contribution in [-0.4, -0.2) is 11.8 Å². The smallest absolute Gasteiger partial charge is 0.192 e. The Labute approximate surface area is 127 Å². The fraction of sp³-hybridized carbons (Fsp3) is 0.250. The van der Waals surface area contributed by atoms with Crippen LogP contribution in [0.1, 0.15) is 31.4 Å². The van der Waals surface area contributed by atoms with E-state index in [9.17, 15) is 0 Å². The molecule has 0 spiro atoms. The topological polar surface area (TPSA) is 14.0 Å². The van der Waals surface area contributed by atoms with Gasteiger partial charge in [0.2, 0.25) is 0 Å². The number of rotatable bonds is 3. The molecular formula is C20H22N+. The lowest BCUT2D eigenvalue weighted by Crippen LogP contribution is -2.76. The Kier molecular flexibility index (Phi) is 3.50. The van der Waals surface area contributed by atoms with Gasteiger partial charge in [-0.05, 0) is 25.0 Å². The molecule has 0 aromatic heterocycles. The van der Waals surface area contributed by atoms with Crippen molar-refractivity contribution in [2.24, 2.45) is 0 Å². The molecule has 106 valence electrons. The molecule has 1 unspecified atom stereocenters. The third kappa shape index (κ3) is 2.23. The number of benzene rings is 2. The van der Waals surface area contributed by atoms with Crippen LogP contribution < -0.4 is 4.99 Å². The average molecular weight is 276 g/mol.